The van der Waals surface area contributed by atoms with Gasteiger partial charge in [-0.25, -0.2) is 9.97 Å². The van der Waals surface area contributed by atoms with Crippen LogP contribution in [0, 0.1) is 6.92 Å². The molecule has 0 aromatic carbocycles. The topological polar surface area (TPSA) is 64.8 Å². The average molecular weight is 203 g/mol. The Bertz CT molecular complexity index is 574. The smallest absolute Gasteiger partial charge is 0.252 e. The number of aromatic nitrogens is 3. The van der Waals surface area contributed by atoms with Crippen molar-refractivity contribution in [2.24, 2.45) is 0 Å². The lowest BCUT2D eigenvalue weighted by Crippen LogP contribution is -2.21. The molecule has 0 saturated carbocycles. The summed E-state index contributed by atoms with van der Waals surface area (Å²) in [7, 11) is 0. The third-order valence-electron chi connectivity index (χ3n) is 2.10. The minimum atomic E-state index is -0.229. The molecule has 0 aliphatic heterocycles. The summed E-state index contributed by atoms with van der Waals surface area (Å²) in [5.41, 5.74) is 0.273. The summed E-state index contributed by atoms with van der Waals surface area (Å²) in [5, 5.41) is 0.752. The van der Waals surface area contributed by atoms with Crippen molar-refractivity contribution in [2.75, 3.05) is 0 Å². The molecule has 15 heavy (non-hydrogen) atoms. The number of aldehydes is 1. The summed E-state index contributed by atoms with van der Waals surface area (Å²) in [5.74, 6) is 0.577. The fraction of sp³-hybridized carbons (Fsp3) is 0.200. The number of fused-ring (bicyclic) bond motifs is 1. The summed E-state index contributed by atoms with van der Waals surface area (Å²) < 4.78 is 1.33. The molecular formula is C10H9N3O2. The third kappa shape index (κ3) is 1.63. The van der Waals surface area contributed by atoms with Crippen molar-refractivity contribution in [1.82, 2.24) is 14.5 Å². The second-order valence-electron chi connectivity index (χ2n) is 3.15. The molecule has 0 fully saturated rings. The lowest BCUT2D eigenvalue weighted by Gasteiger charge is -2.05. The first-order valence-corrected chi connectivity index (χ1v) is 4.49. The maximum absolute atomic E-state index is 11.5. The molecule has 5 nitrogen and oxygen atoms in total. The van der Waals surface area contributed by atoms with Gasteiger partial charge in [-0.2, -0.15) is 0 Å². The van der Waals surface area contributed by atoms with Crippen LogP contribution in [0.15, 0.2) is 23.1 Å². The number of hydrogen-bond donors (Lipinski definition) is 0. The fourth-order valence-corrected chi connectivity index (χ4v) is 1.41. The molecule has 5 heteroatoms. The Morgan fingerprint density at radius 1 is 1.47 bits per heavy atom. The van der Waals surface area contributed by atoms with Gasteiger partial charge < -0.3 is 4.79 Å². The lowest BCUT2D eigenvalue weighted by molar-refractivity contribution is -0.108. The van der Waals surface area contributed by atoms with E-state index >= 15 is 0 Å². The number of nitrogens with zero attached hydrogens (tertiary/aromatic N) is 3. The van der Waals surface area contributed by atoms with Crippen molar-refractivity contribution in [3.05, 3.63) is 34.5 Å². The highest BCUT2D eigenvalue weighted by Crippen LogP contribution is 2.07. The lowest BCUT2D eigenvalue weighted by atomic mass is 10.3. The molecule has 0 N–H and O–H groups in total. The number of carbonyl (C=O) groups is 1. The Kier molecular flexibility index (Phi) is 2.29. The Hall–Kier alpha value is -2.04. The van der Waals surface area contributed by atoms with Crippen molar-refractivity contribution in [2.45, 2.75) is 13.5 Å². The minimum absolute atomic E-state index is 0.0205. The molecule has 0 saturated heterocycles. The standard InChI is InChI=1S/C10H9N3O2/c1-7-11-6-8-2-3-9(15)13(4-5-14)10(8)12-7/h2-3,5-6H,4H2,1H3. The second kappa shape index (κ2) is 3.61. The van der Waals surface area contributed by atoms with E-state index in [4.69, 9.17) is 0 Å². The van der Waals surface area contributed by atoms with Gasteiger partial charge in [-0.1, -0.05) is 0 Å². The van der Waals surface area contributed by atoms with Crippen molar-refractivity contribution in [3.63, 3.8) is 0 Å². The van der Waals surface area contributed by atoms with Crippen LogP contribution >= 0.6 is 0 Å². The largest absolute Gasteiger partial charge is 0.301 e. The molecule has 0 aliphatic rings. The summed E-state index contributed by atoms with van der Waals surface area (Å²) in [6, 6.07) is 3.06. The molecule has 0 bridgehead atoms. The molecule has 0 spiro atoms. The quantitative estimate of drug-likeness (QED) is 0.658. The van der Waals surface area contributed by atoms with Crippen molar-refractivity contribution in [1.29, 1.82) is 0 Å². The molecule has 2 aromatic heterocycles. The monoisotopic (exact) mass is 203 g/mol. The zero-order valence-electron chi connectivity index (χ0n) is 8.17. The first-order valence-electron chi connectivity index (χ1n) is 4.49. The van der Waals surface area contributed by atoms with Crippen LogP contribution in [0.3, 0.4) is 0 Å². The molecule has 2 aromatic rings. The normalized spacial score (nSPS) is 10.5. The van der Waals surface area contributed by atoms with Crippen LogP contribution < -0.4 is 5.56 Å². The maximum Gasteiger partial charge on any atom is 0.252 e. The van der Waals surface area contributed by atoms with Gasteiger partial charge in [0.2, 0.25) is 0 Å². The SMILES string of the molecule is Cc1ncc2ccc(=O)n(CC=O)c2n1. The number of carbonyl (C=O) groups excluding carboxylic acids is 1. The first-order chi connectivity index (χ1) is 7.22. The van der Waals surface area contributed by atoms with Gasteiger partial charge >= 0.3 is 0 Å². The van der Waals surface area contributed by atoms with Crippen molar-refractivity contribution >= 4 is 17.3 Å². The van der Waals surface area contributed by atoms with E-state index in [0.717, 1.165) is 5.39 Å². The number of pyridine rings is 1. The maximum atomic E-state index is 11.5. The average Bonchev–Trinajstić information content (AvgIpc) is 2.23. The van der Waals surface area contributed by atoms with Crippen LogP contribution in [0.25, 0.3) is 11.0 Å². The number of rotatable bonds is 2. The van der Waals surface area contributed by atoms with E-state index in [9.17, 15) is 9.59 Å². The molecule has 0 aliphatic carbocycles. The fourth-order valence-electron chi connectivity index (χ4n) is 1.41. The summed E-state index contributed by atoms with van der Waals surface area (Å²) in [6.45, 7) is 1.76. The summed E-state index contributed by atoms with van der Waals surface area (Å²) in [6.07, 6.45) is 2.32. The highest BCUT2D eigenvalue weighted by atomic mass is 16.1. The molecule has 76 valence electrons. The number of aryl methyl sites for hydroxylation is 1. The Morgan fingerprint density at radius 3 is 3.00 bits per heavy atom. The van der Waals surface area contributed by atoms with Crippen LogP contribution in [-0.2, 0) is 11.3 Å². The molecule has 2 rings (SSSR count). The summed E-state index contributed by atoms with van der Waals surface area (Å²) in [4.78, 5) is 30.1. The van der Waals surface area contributed by atoms with Crippen molar-refractivity contribution in [3.8, 4) is 0 Å². The van der Waals surface area contributed by atoms with Gasteiger partial charge in [0.25, 0.3) is 5.56 Å². The van der Waals surface area contributed by atoms with E-state index in [2.05, 4.69) is 9.97 Å². The van der Waals surface area contributed by atoms with Crippen LogP contribution in [0.4, 0.5) is 0 Å². The zero-order chi connectivity index (χ0) is 10.8. The first kappa shape index (κ1) is 9.51. The highest BCUT2D eigenvalue weighted by molar-refractivity contribution is 5.74. The number of hydrogen-bond acceptors (Lipinski definition) is 4. The van der Waals surface area contributed by atoms with E-state index < -0.39 is 0 Å². The molecule has 0 radical (unpaired) electrons. The van der Waals surface area contributed by atoms with Crippen LogP contribution in [0.1, 0.15) is 5.82 Å². The van der Waals surface area contributed by atoms with Gasteiger partial charge in [-0.3, -0.25) is 9.36 Å². The van der Waals surface area contributed by atoms with E-state index in [-0.39, 0.29) is 12.1 Å². The third-order valence-corrected chi connectivity index (χ3v) is 2.10. The molecule has 0 amide bonds. The Balaban J connectivity index is 2.84. The zero-order valence-corrected chi connectivity index (χ0v) is 8.17. The van der Waals surface area contributed by atoms with Gasteiger partial charge in [0, 0.05) is 17.6 Å². The van der Waals surface area contributed by atoms with E-state index in [1.54, 1.807) is 19.2 Å². The van der Waals surface area contributed by atoms with Crippen molar-refractivity contribution < 1.29 is 4.79 Å². The highest BCUT2D eigenvalue weighted by Gasteiger charge is 2.04. The Labute approximate surface area is 85.4 Å². The predicted molar refractivity (Wildman–Crippen MR) is 54.6 cm³/mol. The predicted octanol–water partition coefficient (Wildman–Crippen LogP) is 0.299. The summed E-state index contributed by atoms with van der Waals surface area (Å²) >= 11 is 0. The minimum Gasteiger partial charge on any atom is -0.301 e. The van der Waals surface area contributed by atoms with E-state index in [0.29, 0.717) is 17.8 Å². The van der Waals surface area contributed by atoms with E-state index in [1.807, 2.05) is 0 Å². The Morgan fingerprint density at radius 2 is 2.27 bits per heavy atom. The molecular weight excluding hydrogens is 194 g/mol. The van der Waals surface area contributed by atoms with Gasteiger partial charge in [0.05, 0.1) is 6.54 Å². The van der Waals surface area contributed by atoms with Gasteiger partial charge in [0.15, 0.2) is 0 Å². The van der Waals surface area contributed by atoms with Crippen LogP contribution in [-0.4, -0.2) is 20.8 Å². The van der Waals surface area contributed by atoms with Crippen LogP contribution in [0.2, 0.25) is 0 Å². The van der Waals surface area contributed by atoms with Gasteiger partial charge in [-0.05, 0) is 13.0 Å². The molecule has 2 heterocycles. The van der Waals surface area contributed by atoms with Gasteiger partial charge in [0.1, 0.15) is 17.8 Å². The van der Waals surface area contributed by atoms with Gasteiger partial charge in [-0.15, -0.1) is 0 Å². The molecule has 0 unspecified atom stereocenters. The molecule has 0 atom stereocenters. The van der Waals surface area contributed by atoms with Crippen LogP contribution in [0.5, 0.6) is 0 Å². The van der Waals surface area contributed by atoms with E-state index in [1.165, 1.54) is 10.6 Å². The second-order valence-corrected chi connectivity index (χ2v) is 3.15.